The monoisotopic (exact) mass is 367 g/mol. The van der Waals surface area contributed by atoms with Gasteiger partial charge in [-0.3, -0.25) is 9.58 Å². The molecule has 0 atom stereocenters. The van der Waals surface area contributed by atoms with E-state index < -0.39 is 0 Å². The summed E-state index contributed by atoms with van der Waals surface area (Å²) < 4.78 is 12.7. The Bertz CT molecular complexity index is 1020. The molecular weight excluding hydrogens is 346 g/mol. The van der Waals surface area contributed by atoms with E-state index in [-0.39, 0.29) is 5.92 Å². The lowest BCUT2D eigenvalue weighted by Crippen LogP contribution is -2.31. The van der Waals surface area contributed by atoms with Crippen LogP contribution in [0, 0.1) is 0 Å². The fourth-order valence-corrected chi connectivity index (χ4v) is 3.07. The summed E-state index contributed by atoms with van der Waals surface area (Å²) in [6, 6.07) is 5.66. The van der Waals surface area contributed by atoms with E-state index in [0.29, 0.717) is 35.3 Å². The fourth-order valence-electron chi connectivity index (χ4n) is 3.07. The molecule has 1 aliphatic heterocycles. The standard InChI is InChI=1S/C18H21N7O2/c1-10(2)17-22-18(27-23-17)16-15-6-11(8-19)25(20)14-7-12(26-3)4-5-13(14)24(15)9-21-16/h4-5,7-10H,6,19-20H2,1-3H3/b11-8-. The molecule has 0 bridgehead atoms. The van der Waals surface area contributed by atoms with Crippen LogP contribution in [0.4, 0.5) is 5.69 Å². The first-order valence-corrected chi connectivity index (χ1v) is 8.57. The second-order valence-corrected chi connectivity index (χ2v) is 6.58. The van der Waals surface area contributed by atoms with Crippen LogP contribution in [0.1, 0.15) is 31.3 Å². The smallest absolute Gasteiger partial charge is 0.278 e. The van der Waals surface area contributed by atoms with Crippen LogP contribution in [0.25, 0.3) is 17.3 Å². The van der Waals surface area contributed by atoms with Crippen LogP contribution in [0.15, 0.2) is 40.9 Å². The molecule has 4 N–H and O–H groups in total. The number of methoxy groups -OCH3 is 1. The molecule has 0 fully saturated rings. The van der Waals surface area contributed by atoms with Crippen molar-refractivity contribution in [1.29, 1.82) is 0 Å². The Hall–Kier alpha value is -3.33. The molecule has 3 heterocycles. The molecule has 1 aromatic carbocycles. The van der Waals surface area contributed by atoms with E-state index in [0.717, 1.165) is 17.1 Å². The summed E-state index contributed by atoms with van der Waals surface area (Å²) in [5, 5.41) is 5.60. The second kappa shape index (κ2) is 6.44. The number of imidazole rings is 1. The minimum Gasteiger partial charge on any atom is -0.497 e. The molecule has 0 saturated carbocycles. The van der Waals surface area contributed by atoms with E-state index in [2.05, 4.69) is 15.1 Å². The first kappa shape index (κ1) is 17.1. The first-order chi connectivity index (χ1) is 13.0. The second-order valence-electron chi connectivity index (χ2n) is 6.58. The van der Waals surface area contributed by atoms with E-state index in [1.807, 2.05) is 36.6 Å². The molecule has 0 spiro atoms. The number of hydrogen-bond acceptors (Lipinski definition) is 8. The summed E-state index contributed by atoms with van der Waals surface area (Å²) in [7, 11) is 1.61. The number of allylic oxidation sites excluding steroid dienone is 1. The predicted molar refractivity (Wildman–Crippen MR) is 100 cm³/mol. The number of fused-ring (bicyclic) bond motifs is 3. The Morgan fingerprint density at radius 1 is 1.30 bits per heavy atom. The molecule has 0 aliphatic carbocycles. The minimum atomic E-state index is 0.163. The number of aromatic nitrogens is 4. The molecule has 0 radical (unpaired) electrons. The Labute approximate surface area is 156 Å². The fraction of sp³-hybridized carbons (Fsp3) is 0.278. The summed E-state index contributed by atoms with van der Waals surface area (Å²) in [6.45, 7) is 4.01. The molecular formula is C18H21N7O2. The lowest BCUT2D eigenvalue weighted by Gasteiger charge is -2.21. The van der Waals surface area contributed by atoms with E-state index in [9.17, 15) is 0 Å². The molecule has 2 aromatic heterocycles. The highest BCUT2D eigenvalue weighted by atomic mass is 16.5. The molecule has 0 saturated heterocycles. The topological polar surface area (TPSA) is 121 Å². The van der Waals surface area contributed by atoms with Crippen LogP contribution in [0.3, 0.4) is 0 Å². The number of nitrogens with zero attached hydrogens (tertiary/aromatic N) is 5. The molecule has 3 aromatic rings. The van der Waals surface area contributed by atoms with Gasteiger partial charge in [-0.25, -0.2) is 10.8 Å². The van der Waals surface area contributed by atoms with Crippen molar-refractivity contribution in [1.82, 2.24) is 19.7 Å². The van der Waals surface area contributed by atoms with Gasteiger partial charge in [0.15, 0.2) is 11.5 Å². The van der Waals surface area contributed by atoms with Crippen molar-refractivity contribution in [2.24, 2.45) is 11.6 Å². The van der Waals surface area contributed by atoms with Crippen LogP contribution in [0.5, 0.6) is 5.75 Å². The largest absolute Gasteiger partial charge is 0.497 e. The van der Waals surface area contributed by atoms with Gasteiger partial charge in [0.1, 0.15) is 12.1 Å². The SMILES string of the molecule is COc1ccc2c(c1)N(N)/C(=C\N)Cc1c(-c3nc(C(C)C)no3)ncn1-2. The molecule has 140 valence electrons. The van der Waals surface area contributed by atoms with Gasteiger partial charge < -0.3 is 15.0 Å². The third-order valence-corrected chi connectivity index (χ3v) is 4.58. The normalized spacial score (nSPS) is 15.0. The lowest BCUT2D eigenvalue weighted by atomic mass is 10.2. The molecule has 27 heavy (non-hydrogen) atoms. The molecule has 9 nitrogen and oxygen atoms in total. The summed E-state index contributed by atoms with van der Waals surface area (Å²) in [5.41, 5.74) is 9.66. The maximum absolute atomic E-state index is 6.34. The van der Waals surface area contributed by atoms with Crippen molar-refractivity contribution < 1.29 is 9.26 Å². The highest BCUT2D eigenvalue weighted by Crippen LogP contribution is 2.37. The third kappa shape index (κ3) is 2.72. The van der Waals surface area contributed by atoms with Crippen molar-refractivity contribution in [3.05, 3.63) is 47.9 Å². The Morgan fingerprint density at radius 3 is 2.78 bits per heavy atom. The summed E-state index contributed by atoms with van der Waals surface area (Å²) in [4.78, 5) is 9.00. The van der Waals surface area contributed by atoms with E-state index in [4.69, 9.17) is 20.8 Å². The number of anilines is 1. The zero-order valence-electron chi connectivity index (χ0n) is 15.4. The average Bonchev–Trinajstić information content (AvgIpc) is 3.29. The number of nitrogens with two attached hydrogens (primary N) is 2. The van der Waals surface area contributed by atoms with Gasteiger partial charge in [0.2, 0.25) is 0 Å². The molecule has 4 rings (SSSR count). The number of hydrogen-bond donors (Lipinski definition) is 2. The van der Waals surface area contributed by atoms with Gasteiger partial charge in [-0.1, -0.05) is 19.0 Å². The summed E-state index contributed by atoms with van der Waals surface area (Å²) >= 11 is 0. The molecule has 0 amide bonds. The van der Waals surface area contributed by atoms with Crippen molar-refractivity contribution in [2.45, 2.75) is 26.2 Å². The van der Waals surface area contributed by atoms with Crippen molar-refractivity contribution in [3.63, 3.8) is 0 Å². The zero-order valence-corrected chi connectivity index (χ0v) is 15.4. The van der Waals surface area contributed by atoms with Crippen molar-refractivity contribution in [3.8, 4) is 23.0 Å². The van der Waals surface area contributed by atoms with Gasteiger partial charge in [0.05, 0.1) is 29.9 Å². The van der Waals surface area contributed by atoms with Crippen molar-refractivity contribution >= 4 is 5.69 Å². The predicted octanol–water partition coefficient (Wildman–Crippen LogP) is 2.09. The lowest BCUT2D eigenvalue weighted by molar-refractivity contribution is 0.415. The third-order valence-electron chi connectivity index (χ3n) is 4.58. The molecule has 9 heteroatoms. The highest BCUT2D eigenvalue weighted by Gasteiger charge is 2.27. The van der Waals surface area contributed by atoms with E-state index in [1.54, 1.807) is 18.4 Å². The average molecular weight is 367 g/mol. The Morgan fingerprint density at radius 2 is 2.11 bits per heavy atom. The van der Waals surface area contributed by atoms with E-state index >= 15 is 0 Å². The zero-order chi connectivity index (χ0) is 19.1. The van der Waals surface area contributed by atoms with E-state index in [1.165, 1.54) is 6.20 Å². The van der Waals surface area contributed by atoms with Gasteiger partial charge in [0, 0.05) is 24.6 Å². The molecule has 1 aliphatic rings. The van der Waals surface area contributed by atoms with Crippen LogP contribution in [0.2, 0.25) is 0 Å². The number of benzene rings is 1. The highest BCUT2D eigenvalue weighted by molar-refractivity contribution is 5.71. The Kier molecular flexibility index (Phi) is 4.08. The van der Waals surface area contributed by atoms with Gasteiger partial charge in [0.25, 0.3) is 5.89 Å². The Balaban J connectivity index is 1.90. The number of rotatable bonds is 3. The van der Waals surface area contributed by atoms with Crippen LogP contribution in [-0.2, 0) is 6.42 Å². The van der Waals surface area contributed by atoms with Gasteiger partial charge in [-0.2, -0.15) is 4.98 Å². The van der Waals surface area contributed by atoms with Gasteiger partial charge >= 0.3 is 0 Å². The van der Waals surface area contributed by atoms with Crippen LogP contribution in [-0.4, -0.2) is 26.8 Å². The number of hydrazine groups is 1. The summed E-state index contributed by atoms with van der Waals surface area (Å²) in [6.07, 6.45) is 3.67. The quantitative estimate of drug-likeness (QED) is 0.675. The summed E-state index contributed by atoms with van der Waals surface area (Å²) in [5.74, 6) is 8.22. The van der Waals surface area contributed by atoms with Gasteiger partial charge in [-0.15, -0.1) is 0 Å². The van der Waals surface area contributed by atoms with Gasteiger partial charge in [-0.05, 0) is 12.1 Å². The maximum atomic E-state index is 6.34. The van der Waals surface area contributed by atoms with Crippen LogP contribution >= 0.6 is 0 Å². The first-order valence-electron chi connectivity index (χ1n) is 8.57. The molecule has 0 unspecified atom stereocenters. The maximum Gasteiger partial charge on any atom is 0.278 e. The minimum absolute atomic E-state index is 0.163. The number of ether oxygens (including phenoxy) is 1. The van der Waals surface area contributed by atoms with Crippen molar-refractivity contribution in [2.75, 3.05) is 12.1 Å². The van der Waals surface area contributed by atoms with Crippen LogP contribution < -0.4 is 21.3 Å².